The van der Waals surface area contributed by atoms with E-state index in [-0.39, 0.29) is 0 Å². The third-order valence-electron chi connectivity index (χ3n) is 4.02. The summed E-state index contributed by atoms with van der Waals surface area (Å²) in [5.41, 5.74) is 3.78. The molecule has 4 nitrogen and oxygen atoms in total. The van der Waals surface area contributed by atoms with Crippen LogP contribution in [0.1, 0.15) is 13.8 Å². The Morgan fingerprint density at radius 3 is 1.25 bits per heavy atom. The lowest BCUT2D eigenvalue weighted by atomic mass is 9.89. The molecule has 3 rings (SSSR count). The minimum absolute atomic E-state index is 0.406. The van der Waals surface area contributed by atoms with Crippen molar-refractivity contribution in [3.05, 3.63) is 69.0 Å². The topological polar surface area (TPSA) is 58.2 Å². The van der Waals surface area contributed by atoms with Crippen molar-refractivity contribution in [1.82, 2.24) is 0 Å². The molecule has 0 unspecified atom stereocenters. The number of nitrogens with one attached hydrogen (secondary N) is 2. The van der Waals surface area contributed by atoms with E-state index in [1.807, 2.05) is 62.4 Å². The van der Waals surface area contributed by atoms with Gasteiger partial charge in [-0.3, -0.25) is 9.59 Å². The highest BCUT2D eigenvalue weighted by molar-refractivity contribution is 5.87. The quantitative estimate of drug-likeness (QED) is 0.683. The highest BCUT2D eigenvalue weighted by Gasteiger charge is 2.23. The maximum atomic E-state index is 12.1. The summed E-state index contributed by atoms with van der Waals surface area (Å²) in [5.74, 6) is 0. The summed E-state index contributed by atoms with van der Waals surface area (Å²) >= 11 is 0. The van der Waals surface area contributed by atoms with Gasteiger partial charge in [-0.1, -0.05) is 24.3 Å². The van der Waals surface area contributed by atoms with Crippen LogP contribution in [0.4, 0.5) is 11.4 Å². The van der Waals surface area contributed by atoms with Crippen LogP contribution in [0.2, 0.25) is 0 Å². The van der Waals surface area contributed by atoms with Crippen LogP contribution < -0.4 is 21.5 Å². The van der Waals surface area contributed by atoms with Gasteiger partial charge in [-0.2, -0.15) is 0 Å². The fourth-order valence-corrected chi connectivity index (χ4v) is 2.86. The molecule has 0 saturated carbocycles. The molecule has 122 valence electrons. The lowest BCUT2D eigenvalue weighted by molar-refractivity contribution is 1.21. The largest absolute Gasteiger partial charge is 0.385 e. The highest BCUT2D eigenvalue weighted by Crippen LogP contribution is 2.29. The second kappa shape index (κ2) is 6.71. The monoisotopic (exact) mass is 320 g/mol. The van der Waals surface area contributed by atoms with Crippen LogP contribution in [-0.2, 0) is 0 Å². The molecule has 0 aromatic heterocycles. The number of rotatable bonds is 6. The maximum Gasteiger partial charge on any atom is 0.234 e. The van der Waals surface area contributed by atoms with Gasteiger partial charge in [-0.25, -0.2) is 0 Å². The Hall–Kier alpha value is -2.88. The predicted octanol–water partition coefficient (Wildman–Crippen LogP) is 3.48. The molecule has 0 aliphatic carbocycles. The lowest BCUT2D eigenvalue weighted by Crippen LogP contribution is -2.34. The highest BCUT2D eigenvalue weighted by atomic mass is 16.2. The summed E-state index contributed by atoms with van der Waals surface area (Å²) in [4.78, 5) is 24.2. The van der Waals surface area contributed by atoms with Gasteiger partial charge in [0.15, 0.2) is 0 Å². The zero-order valence-electron chi connectivity index (χ0n) is 13.8. The molecule has 0 aliphatic heterocycles. The first-order chi connectivity index (χ1) is 11.7. The van der Waals surface area contributed by atoms with Crippen LogP contribution in [-0.4, -0.2) is 13.1 Å². The lowest BCUT2D eigenvalue weighted by Gasteiger charge is -2.13. The molecule has 0 saturated heterocycles. The van der Waals surface area contributed by atoms with Crippen LogP contribution in [0.25, 0.3) is 22.3 Å². The van der Waals surface area contributed by atoms with Crippen molar-refractivity contribution in [2.45, 2.75) is 13.8 Å². The molecule has 0 amide bonds. The maximum absolute atomic E-state index is 12.1. The normalized spacial score (nSPS) is 10.8. The molecule has 24 heavy (non-hydrogen) atoms. The van der Waals surface area contributed by atoms with Crippen molar-refractivity contribution in [1.29, 1.82) is 0 Å². The summed E-state index contributed by atoms with van der Waals surface area (Å²) < 4.78 is 0. The van der Waals surface area contributed by atoms with Gasteiger partial charge < -0.3 is 10.6 Å². The molecule has 2 N–H and O–H groups in total. The van der Waals surface area contributed by atoms with E-state index in [0.29, 0.717) is 11.1 Å². The van der Waals surface area contributed by atoms with Gasteiger partial charge in [-0.05, 0) is 49.2 Å². The molecule has 0 radical (unpaired) electrons. The molecule has 3 aromatic rings. The average Bonchev–Trinajstić information content (AvgIpc) is 2.61. The third-order valence-corrected chi connectivity index (χ3v) is 4.02. The van der Waals surface area contributed by atoms with Crippen molar-refractivity contribution in [3.8, 4) is 22.3 Å². The molecular weight excluding hydrogens is 300 g/mol. The van der Waals surface area contributed by atoms with Gasteiger partial charge in [0.2, 0.25) is 10.9 Å². The summed E-state index contributed by atoms with van der Waals surface area (Å²) in [5, 5.41) is 6.43. The second-order valence-corrected chi connectivity index (χ2v) is 5.62. The fourth-order valence-electron chi connectivity index (χ4n) is 2.86. The second-order valence-electron chi connectivity index (χ2n) is 5.62. The summed E-state index contributed by atoms with van der Waals surface area (Å²) in [7, 11) is 0. The molecule has 3 aromatic carbocycles. The van der Waals surface area contributed by atoms with E-state index in [9.17, 15) is 9.59 Å². The van der Waals surface area contributed by atoms with E-state index in [0.717, 1.165) is 35.6 Å². The summed E-state index contributed by atoms with van der Waals surface area (Å²) in [6.45, 7) is 5.73. The Kier molecular flexibility index (Phi) is 4.47. The first-order valence-corrected chi connectivity index (χ1v) is 8.17. The molecule has 0 atom stereocenters. The minimum atomic E-state index is -0.406. The van der Waals surface area contributed by atoms with Gasteiger partial charge in [0.25, 0.3) is 0 Å². The average molecular weight is 320 g/mol. The molecule has 0 bridgehead atoms. The van der Waals surface area contributed by atoms with Crippen LogP contribution in [0.15, 0.2) is 58.1 Å². The Morgan fingerprint density at radius 2 is 0.958 bits per heavy atom. The van der Waals surface area contributed by atoms with E-state index in [4.69, 9.17) is 0 Å². The molecule has 0 aliphatic rings. The van der Waals surface area contributed by atoms with Crippen LogP contribution in [0.3, 0.4) is 0 Å². The Bertz CT molecular complexity index is 825. The van der Waals surface area contributed by atoms with E-state index in [1.54, 1.807) is 0 Å². The number of hydrogen-bond donors (Lipinski definition) is 2. The molecule has 0 spiro atoms. The zero-order valence-corrected chi connectivity index (χ0v) is 13.8. The third kappa shape index (κ3) is 2.83. The molecular formula is C20H20N2O2. The smallest absolute Gasteiger partial charge is 0.234 e. The van der Waals surface area contributed by atoms with Gasteiger partial charge in [0.05, 0.1) is 0 Å². The number of benzene rings is 2. The van der Waals surface area contributed by atoms with E-state index < -0.39 is 10.9 Å². The van der Waals surface area contributed by atoms with Gasteiger partial charge >= 0.3 is 0 Å². The van der Waals surface area contributed by atoms with E-state index in [2.05, 4.69) is 10.6 Å². The van der Waals surface area contributed by atoms with E-state index >= 15 is 0 Å². The Labute approximate surface area is 140 Å². The van der Waals surface area contributed by atoms with Crippen molar-refractivity contribution in [3.63, 3.8) is 0 Å². The molecule has 0 fully saturated rings. The minimum Gasteiger partial charge on any atom is -0.385 e. The van der Waals surface area contributed by atoms with Gasteiger partial charge in [0, 0.05) is 35.6 Å². The van der Waals surface area contributed by atoms with Crippen LogP contribution >= 0.6 is 0 Å². The van der Waals surface area contributed by atoms with Crippen molar-refractivity contribution in [2.75, 3.05) is 23.7 Å². The van der Waals surface area contributed by atoms with Crippen LogP contribution in [0, 0.1) is 0 Å². The van der Waals surface area contributed by atoms with Gasteiger partial charge in [0.1, 0.15) is 0 Å². The SMILES string of the molecule is CCNc1ccc(-c2c(-c3ccc(NCC)cc3)c(=O)c2=O)cc1. The molecule has 0 heterocycles. The first-order valence-electron chi connectivity index (χ1n) is 8.17. The van der Waals surface area contributed by atoms with Gasteiger partial charge in [-0.15, -0.1) is 0 Å². The Balaban J connectivity index is 1.98. The standard InChI is InChI=1S/C20H20N2O2/c1-3-21-15-9-5-13(6-10-15)17-18(20(24)19(17)23)14-7-11-16(12-8-14)22-4-2/h5-12,21-22H,3-4H2,1-2H3. The summed E-state index contributed by atoms with van der Waals surface area (Å²) in [6.07, 6.45) is 0. The van der Waals surface area contributed by atoms with Crippen molar-refractivity contribution in [2.24, 2.45) is 0 Å². The Morgan fingerprint density at radius 1 is 0.625 bits per heavy atom. The van der Waals surface area contributed by atoms with Crippen molar-refractivity contribution < 1.29 is 0 Å². The zero-order chi connectivity index (χ0) is 17.1. The predicted molar refractivity (Wildman–Crippen MR) is 101 cm³/mol. The first kappa shape index (κ1) is 16.0. The number of anilines is 2. The van der Waals surface area contributed by atoms with Crippen LogP contribution in [0.5, 0.6) is 0 Å². The van der Waals surface area contributed by atoms with E-state index in [1.165, 1.54) is 0 Å². The number of hydrogen-bond acceptors (Lipinski definition) is 4. The van der Waals surface area contributed by atoms with Crippen molar-refractivity contribution >= 4 is 11.4 Å². The fraction of sp³-hybridized carbons (Fsp3) is 0.200. The summed E-state index contributed by atoms with van der Waals surface area (Å²) in [6, 6.07) is 15.2. The molecule has 4 heteroatoms.